The average molecular weight is 402 g/mol. The summed E-state index contributed by atoms with van der Waals surface area (Å²) in [7, 11) is 1.96. The minimum atomic E-state index is 0.0885. The van der Waals surface area contributed by atoms with E-state index >= 15 is 0 Å². The highest BCUT2D eigenvalue weighted by Gasteiger charge is 2.28. The molecule has 0 bridgehead atoms. The highest BCUT2D eigenvalue weighted by atomic mass is 16.5. The number of piperidine rings is 1. The zero-order valence-corrected chi connectivity index (χ0v) is 17.4. The maximum Gasteiger partial charge on any atom is 0.270 e. The van der Waals surface area contributed by atoms with Crippen molar-refractivity contribution in [2.45, 2.75) is 25.7 Å². The molecule has 1 aliphatic heterocycles. The van der Waals surface area contributed by atoms with Gasteiger partial charge < -0.3 is 19.2 Å². The topological polar surface area (TPSA) is 63.1 Å². The summed E-state index contributed by atoms with van der Waals surface area (Å²) in [5, 5.41) is 1.03. The normalized spacial score (nSPS) is 17.0. The van der Waals surface area contributed by atoms with E-state index in [0.29, 0.717) is 12.5 Å². The van der Waals surface area contributed by atoms with Crippen LogP contribution in [-0.4, -0.2) is 45.0 Å². The number of nitrogens with one attached hydrogen (secondary N) is 1. The van der Waals surface area contributed by atoms with Crippen LogP contribution < -0.4 is 4.74 Å². The number of hydrogen-bond acceptors (Lipinski definition) is 3. The number of nitrogens with zero attached hydrogens (tertiary/aromatic N) is 3. The van der Waals surface area contributed by atoms with Gasteiger partial charge in [-0.1, -0.05) is 0 Å². The molecular formula is C24H26N4O2. The summed E-state index contributed by atoms with van der Waals surface area (Å²) in [6.45, 7) is 4.11. The number of fused-ring (bicyclic) bond motifs is 2. The molecule has 3 aromatic heterocycles. The first-order valence-electron chi connectivity index (χ1n) is 10.6. The average Bonchev–Trinajstić information content (AvgIpc) is 3.35. The minimum Gasteiger partial charge on any atom is -0.494 e. The van der Waals surface area contributed by atoms with Gasteiger partial charge in [-0.3, -0.25) is 9.78 Å². The van der Waals surface area contributed by atoms with E-state index in [4.69, 9.17) is 4.74 Å². The summed E-state index contributed by atoms with van der Waals surface area (Å²) in [4.78, 5) is 23.3. The third-order valence-corrected chi connectivity index (χ3v) is 6.10. The molecule has 1 aliphatic rings. The summed E-state index contributed by atoms with van der Waals surface area (Å²) >= 11 is 0. The van der Waals surface area contributed by atoms with Gasteiger partial charge in [0.1, 0.15) is 11.4 Å². The molecule has 154 valence electrons. The summed E-state index contributed by atoms with van der Waals surface area (Å²) in [6.07, 6.45) is 3.88. The molecule has 0 aliphatic carbocycles. The van der Waals surface area contributed by atoms with E-state index < -0.39 is 0 Å². The van der Waals surface area contributed by atoms with Crippen molar-refractivity contribution >= 4 is 27.8 Å². The molecule has 1 fully saturated rings. The number of ether oxygens (including phenoxy) is 1. The quantitative estimate of drug-likeness (QED) is 0.548. The number of rotatable bonds is 4. The fourth-order valence-electron chi connectivity index (χ4n) is 4.56. The molecule has 1 saturated heterocycles. The van der Waals surface area contributed by atoms with E-state index in [9.17, 15) is 4.79 Å². The SMILES string of the molecule is CCOc1ccc2c(c1)cc(C(=O)N1CCCC(c3cc4ncccc4[nH]3)C1)n2C. The third kappa shape index (κ3) is 3.22. The molecule has 6 heteroatoms. The summed E-state index contributed by atoms with van der Waals surface area (Å²) in [5.74, 6) is 1.22. The van der Waals surface area contributed by atoms with Gasteiger partial charge in [0.25, 0.3) is 5.91 Å². The van der Waals surface area contributed by atoms with Gasteiger partial charge in [0.05, 0.1) is 17.6 Å². The minimum absolute atomic E-state index is 0.0885. The monoisotopic (exact) mass is 402 g/mol. The first kappa shape index (κ1) is 18.7. The zero-order chi connectivity index (χ0) is 20.7. The number of likely N-dealkylation sites (tertiary alicyclic amines) is 1. The van der Waals surface area contributed by atoms with Gasteiger partial charge in [-0.2, -0.15) is 0 Å². The molecule has 1 atom stereocenters. The lowest BCUT2D eigenvalue weighted by Crippen LogP contribution is -2.39. The number of hydrogen-bond donors (Lipinski definition) is 1. The van der Waals surface area contributed by atoms with Crippen LogP contribution in [-0.2, 0) is 7.05 Å². The van der Waals surface area contributed by atoms with E-state index in [2.05, 4.69) is 16.0 Å². The van der Waals surface area contributed by atoms with Crippen molar-refractivity contribution in [3.05, 3.63) is 60.0 Å². The Bertz CT molecular complexity index is 1190. The van der Waals surface area contributed by atoms with Gasteiger partial charge in [-0.15, -0.1) is 0 Å². The van der Waals surface area contributed by atoms with Gasteiger partial charge >= 0.3 is 0 Å². The van der Waals surface area contributed by atoms with Crippen LogP contribution in [0.5, 0.6) is 5.75 Å². The van der Waals surface area contributed by atoms with Crippen LogP contribution >= 0.6 is 0 Å². The lowest BCUT2D eigenvalue weighted by molar-refractivity contribution is 0.0697. The zero-order valence-electron chi connectivity index (χ0n) is 17.4. The molecule has 1 unspecified atom stereocenters. The smallest absolute Gasteiger partial charge is 0.270 e. The van der Waals surface area contributed by atoms with E-state index in [1.54, 1.807) is 0 Å². The van der Waals surface area contributed by atoms with E-state index in [1.807, 2.05) is 66.0 Å². The maximum atomic E-state index is 13.4. The van der Waals surface area contributed by atoms with E-state index in [0.717, 1.165) is 59.3 Å². The Balaban J connectivity index is 1.40. The Morgan fingerprint density at radius 3 is 3.00 bits per heavy atom. The molecule has 1 N–H and O–H groups in total. The molecule has 1 aromatic carbocycles. The van der Waals surface area contributed by atoms with Gasteiger partial charge in [-0.25, -0.2) is 0 Å². The van der Waals surface area contributed by atoms with Crippen LogP contribution in [0.2, 0.25) is 0 Å². The number of aryl methyl sites for hydroxylation is 1. The van der Waals surface area contributed by atoms with Gasteiger partial charge in [0, 0.05) is 48.8 Å². The van der Waals surface area contributed by atoms with Crippen molar-refractivity contribution in [2.75, 3.05) is 19.7 Å². The number of carbonyl (C=O) groups is 1. The van der Waals surface area contributed by atoms with Gasteiger partial charge in [-0.05, 0) is 62.2 Å². The molecule has 0 spiro atoms. The number of amides is 1. The lowest BCUT2D eigenvalue weighted by Gasteiger charge is -2.32. The van der Waals surface area contributed by atoms with Crippen molar-refractivity contribution in [1.29, 1.82) is 0 Å². The predicted molar refractivity (Wildman–Crippen MR) is 118 cm³/mol. The van der Waals surface area contributed by atoms with Crippen LogP contribution in [0.3, 0.4) is 0 Å². The standard InChI is InChI=1S/C24H26N4O2/c1-3-30-18-8-9-22-17(12-18)13-23(27(22)2)24(29)28-11-5-6-16(15-28)20-14-21-19(26-20)7-4-10-25-21/h4,7-10,12-14,16,26H,3,5-6,11,15H2,1-2H3. The number of benzene rings is 1. The summed E-state index contributed by atoms with van der Waals surface area (Å²) < 4.78 is 7.60. The molecule has 4 heterocycles. The Hall–Kier alpha value is -3.28. The fraction of sp³-hybridized carbons (Fsp3) is 0.333. The number of aromatic amines is 1. The van der Waals surface area contributed by atoms with Crippen molar-refractivity contribution in [2.24, 2.45) is 7.05 Å². The molecular weight excluding hydrogens is 376 g/mol. The number of H-pyrrole nitrogens is 1. The largest absolute Gasteiger partial charge is 0.494 e. The van der Waals surface area contributed by atoms with E-state index in [1.165, 1.54) is 5.69 Å². The lowest BCUT2D eigenvalue weighted by atomic mass is 9.94. The first-order chi connectivity index (χ1) is 14.6. The van der Waals surface area contributed by atoms with Crippen LogP contribution in [0.15, 0.2) is 48.7 Å². The second kappa shape index (κ2) is 7.52. The predicted octanol–water partition coefficient (Wildman–Crippen LogP) is 4.47. The molecule has 1 amide bonds. The highest BCUT2D eigenvalue weighted by Crippen LogP contribution is 2.30. The van der Waals surface area contributed by atoms with Crippen LogP contribution in [0.25, 0.3) is 21.9 Å². The maximum absolute atomic E-state index is 13.4. The fourth-order valence-corrected chi connectivity index (χ4v) is 4.56. The van der Waals surface area contributed by atoms with Crippen LogP contribution in [0, 0.1) is 0 Å². The molecule has 0 radical (unpaired) electrons. The van der Waals surface area contributed by atoms with Gasteiger partial charge in [0.2, 0.25) is 0 Å². The van der Waals surface area contributed by atoms with Gasteiger partial charge in [0.15, 0.2) is 0 Å². The Morgan fingerprint density at radius 1 is 1.27 bits per heavy atom. The van der Waals surface area contributed by atoms with Crippen molar-refractivity contribution in [3.63, 3.8) is 0 Å². The Morgan fingerprint density at radius 2 is 2.17 bits per heavy atom. The summed E-state index contributed by atoms with van der Waals surface area (Å²) in [5.41, 5.74) is 4.96. The van der Waals surface area contributed by atoms with Crippen LogP contribution in [0.1, 0.15) is 41.9 Å². The third-order valence-electron chi connectivity index (χ3n) is 6.10. The first-order valence-corrected chi connectivity index (χ1v) is 10.6. The number of carbonyl (C=O) groups excluding carboxylic acids is 1. The number of aromatic nitrogens is 3. The molecule has 5 rings (SSSR count). The highest BCUT2D eigenvalue weighted by molar-refractivity contribution is 5.99. The molecule has 0 saturated carbocycles. The van der Waals surface area contributed by atoms with Crippen LogP contribution in [0.4, 0.5) is 0 Å². The van der Waals surface area contributed by atoms with Crippen molar-refractivity contribution in [1.82, 2.24) is 19.4 Å². The Labute approximate surface area is 175 Å². The summed E-state index contributed by atoms with van der Waals surface area (Å²) in [6, 6.07) is 14.1. The number of pyridine rings is 1. The van der Waals surface area contributed by atoms with E-state index in [-0.39, 0.29) is 5.91 Å². The second-order valence-corrected chi connectivity index (χ2v) is 7.99. The Kier molecular flexibility index (Phi) is 4.69. The molecule has 4 aromatic rings. The van der Waals surface area contributed by atoms with Crippen molar-refractivity contribution < 1.29 is 9.53 Å². The van der Waals surface area contributed by atoms with Crippen molar-refractivity contribution in [3.8, 4) is 5.75 Å². The molecule has 6 nitrogen and oxygen atoms in total. The second-order valence-electron chi connectivity index (χ2n) is 7.99. The molecule has 30 heavy (non-hydrogen) atoms.